The molecule has 1 saturated heterocycles. The minimum Gasteiger partial charge on any atom is -0.452 e. The third kappa shape index (κ3) is 4.86. The highest BCUT2D eigenvalue weighted by molar-refractivity contribution is 6.30. The van der Waals surface area contributed by atoms with Gasteiger partial charge in [0.05, 0.1) is 16.6 Å². The molecular weight excluding hydrogens is 464 g/mol. The minimum atomic E-state index is -0.553. The standard InChI is InChI=1S/C27H25ClN4O3/c1-18-10-11-19(28)16-24(18)31-12-14-32(15-13-31)25(33)17-35-27(34)21-7-3-2-6-20(21)26-29-22-8-4-5-9-23(22)30-26/h2-11,16H,12-15,17H2,1H3,(H,29,30). The second kappa shape index (κ2) is 9.80. The fourth-order valence-electron chi connectivity index (χ4n) is 4.36. The van der Waals surface area contributed by atoms with Crippen molar-refractivity contribution in [2.75, 3.05) is 37.7 Å². The van der Waals surface area contributed by atoms with Crippen LogP contribution in [0.15, 0.2) is 66.7 Å². The van der Waals surface area contributed by atoms with Gasteiger partial charge in [-0.05, 0) is 42.8 Å². The van der Waals surface area contributed by atoms with Crippen molar-refractivity contribution in [2.45, 2.75) is 6.92 Å². The zero-order valence-electron chi connectivity index (χ0n) is 19.3. The van der Waals surface area contributed by atoms with Crippen molar-refractivity contribution in [3.63, 3.8) is 0 Å². The number of para-hydroxylation sites is 2. The monoisotopic (exact) mass is 488 g/mol. The third-order valence-electron chi connectivity index (χ3n) is 6.26. The highest BCUT2D eigenvalue weighted by atomic mass is 35.5. The zero-order chi connectivity index (χ0) is 24.4. The number of anilines is 1. The number of rotatable bonds is 5. The smallest absolute Gasteiger partial charge is 0.339 e. The Morgan fingerprint density at radius 1 is 1.00 bits per heavy atom. The third-order valence-corrected chi connectivity index (χ3v) is 6.50. The summed E-state index contributed by atoms with van der Waals surface area (Å²) in [5.41, 5.74) is 4.91. The summed E-state index contributed by atoms with van der Waals surface area (Å²) in [5.74, 6) is -0.179. The summed E-state index contributed by atoms with van der Waals surface area (Å²) in [4.78, 5) is 37.4. The van der Waals surface area contributed by atoms with E-state index in [1.807, 2.05) is 61.5 Å². The van der Waals surface area contributed by atoms with Crippen LogP contribution in [0.25, 0.3) is 22.4 Å². The van der Waals surface area contributed by atoms with Crippen molar-refractivity contribution in [3.8, 4) is 11.4 Å². The van der Waals surface area contributed by atoms with Crippen molar-refractivity contribution in [3.05, 3.63) is 82.9 Å². The molecule has 5 rings (SSSR count). The lowest BCUT2D eigenvalue weighted by molar-refractivity contribution is -0.134. The van der Waals surface area contributed by atoms with Gasteiger partial charge in [0, 0.05) is 42.5 Å². The fraction of sp³-hybridized carbons (Fsp3) is 0.222. The first-order chi connectivity index (χ1) is 17.0. The Morgan fingerprint density at radius 3 is 2.54 bits per heavy atom. The number of aromatic amines is 1. The molecule has 0 atom stereocenters. The molecule has 2 heterocycles. The molecule has 1 N–H and O–H groups in total. The molecule has 3 aromatic carbocycles. The number of amides is 1. The molecule has 0 spiro atoms. The number of hydrogen-bond donors (Lipinski definition) is 1. The van der Waals surface area contributed by atoms with E-state index in [9.17, 15) is 9.59 Å². The van der Waals surface area contributed by atoms with E-state index in [0.717, 1.165) is 22.3 Å². The van der Waals surface area contributed by atoms with Crippen LogP contribution in [0.5, 0.6) is 0 Å². The van der Waals surface area contributed by atoms with Gasteiger partial charge in [0.25, 0.3) is 5.91 Å². The number of aromatic nitrogens is 2. The SMILES string of the molecule is Cc1ccc(Cl)cc1N1CCN(C(=O)COC(=O)c2ccccc2-c2nc3ccccc3[nH]2)CC1. The highest BCUT2D eigenvalue weighted by Gasteiger charge is 2.24. The molecule has 1 aromatic heterocycles. The van der Waals surface area contributed by atoms with Crippen LogP contribution in [0.1, 0.15) is 15.9 Å². The number of halogens is 1. The number of carbonyl (C=O) groups excluding carboxylic acids is 2. The first-order valence-electron chi connectivity index (χ1n) is 11.5. The molecule has 35 heavy (non-hydrogen) atoms. The fourth-order valence-corrected chi connectivity index (χ4v) is 4.53. The lowest BCUT2D eigenvalue weighted by Crippen LogP contribution is -2.50. The van der Waals surface area contributed by atoms with E-state index in [0.29, 0.717) is 48.2 Å². The van der Waals surface area contributed by atoms with E-state index < -0.39 is 5.97 Å². The van der Waals surface area contributed by atoms with Crippen molar-refractivity contribution >= 4 is 40.2 Å². The number of hydrogen-bond acceptors (Lipinski definition) is 5. The Kier molecular flexibility index (Phi) is 6.42. The predicted octanol–water partition coefficient (Wildman–Crippen LogP) is 4.70. The Hall–Kier alpha value is -3.84. The van der Waals surface area contributed by atoms with Gasteiger partial charge in [-0.1, -0.05) is 48.0 Å². The Labute approximate surface area is 208 Å². The zero-order valence-corrected chi connectivity index (χ0v) is 20.1. The number of carbonyl (C=O) groups is 2. The van der Waals surface area contributed by atoms with E-state index in [2.05, 4.69) is 14.9 Å². The van der Waals surface area contributed by atoms with E-state index in [1.165, 1.54) is 0 Å². The van der Waals surface area contributed by atoms with Crippen LogP contribution in [-0.2, 0) is 9.53 Å². The Balaban J connectivity index is 1.21. The van der Waals surface area contributed by atoms with Crippen LogP contribution < -0.4 is 4.90 Å². The predicted molar refractivity (Wildman–Crippen MR) is 137 cm³/mol. The maximum atomic E-state index is 12.9. The first-order valence-corrected chi connectivity index (χ1v) is 11.9. The Morgan fingerprint density at radius 2 is 1.74 bits per heavy atom. The number of fused-ring (bicyclic) bond motifs is 1. The van der Waals surface area contributed by atoms with Crippen molar-refractivity contribution < 1.29 is 14.3 Å². The van der Waals surface area contributed by atoms with Crippen LogP contribution >= 0.6 is 11.6 Å². The lowest BCUT2D eigenvalue weighted by atomic mass is 10.1. The summed E-state index contributed by atoms with van der Waals surface area (Å²) in [7, 11) is 0. The maximum absolute atomic E-state index is 12.9. The second-order valence-corrected chi connectivity index (χ2v) is 8.96. The maximum Gasteiger partial charge on any atom is 0.339 e. The minimum absolute atomic E-state index is 0.206. The van der Waals surface area contributed by atoms with Crippen molar-refractivity contribution in [1.29, 1.82) is 0 Å². The van der Waals surface area contributed by atoms with Gasteiger partial charge in [-0.3, -0.25) is 4.79 Å². The molecule has 1 aliphatic heterocycles. The van der Waals surface area contributed by atoms with E-state index in [-0.39, 0.29) is 12.5 Å². The molecule has 178 valence electrons. The molecule has 0 bridgehead atoms. The number of imidazole rings is 1. The number of aryl methyl sites for hydroxylation is 1. The summed E-state index contributed by atoms with van der Waals surface area (Å²) in [6.07, 6.45) is 0. The molecule has 4 aromatic rings. The van der Waals surface area contributed by atoms with Crippen molar-refractivity contribution in [2.24, 2.45) is 0 Å². The summed E-state index contributed by atoms with van der Waals surface area (Å²) < 4.78 is 5.42. The molecule has 0 saturated carbocycles. The molecule has 0 aliphatic carbocycles. The number of esters is 1. The summed E-state index contributed by atoms with van der Waals surface area (Å²) in [5, 5.41) is 0.693. The number of nitrogens with one attached hydrogen (secondary N) is 1. The first kappa shape index (κ1) is 22.9. The van der Waals surface area contributed by atoms with Crippen LogP contribution in [-0.4, -0.2) is 59.5 Å². The number of ether oxygens (including phenoxy) is 1. The van der Waals surface area contributed by atoms with Gasteiger partial charge in [-0.25, -0.2) is 9.78 Å². The second-order valence-electron chi connectivity index (χ2n) is 8.52. The summed E-state index contributed by atoms with van der Waals surface area (Å²) in [6.45, 7) is 4.23. The largest absolute Gasteiger partial charge is 0.452 e. The van der Waals surface area contributed by atoms with Gasteiger partial charge in [0.15, 0.2) is 6.61 Å². The van der Waals surface area contributed by atoms with E-state index in [1.54, 1.807) is 17.0 Å². The lowest BCUT2D eigenvalue weighted by Gasteiger charge is -2.36. The van der Waals surface area contributed by atoms with Gasteiger partial charge < -0.3 is 19.5 Å². The van der Waals surface area contributed by atoms with E-state index in [4.69, 9.17) is 16.3 Å². The molecule has 1 aliphatic rings. The summed E-state index contributed by atoms with van der Waals surface area (Å²) in [6, 6.07) is 20.6. The quantitative estimate of drug-likeness (QED) is 0.412. The van der Waals surface area contributed by atoms with Crippen LogP contribution in [0, 0.1) is 6.92 Å². The normalized spacial score (nSPS) is 13.8. The molecule has 8 heteroatoms. The van der Waals surface area contributed by atoms with Gasteiger partial charge in [0.1, 0.15) is 5.82 Å². The van der Waals surface area contributed by atoms with Crippen molar-refractivity contribution in [1.82, 2.24) is 14.9 Å². The van der Waals surface area contributed by atoms with Crippen LogP contribution in [0.2, 0.25) is 5.02 Å². The molecular formula is C27H25ClN4O3. The van der Waals surface area contributed by atoms with Gasteiger partial charge in [-0.2, -0.15) is 0 Å². The highest BCUT2D eigenvalue weighted by Crippen LogP contribution is 2.26. The average molecular weight is 489 g/mol. The molecule has 7 nitrogen and oxygen atoms in total. The van der Waals surface area contributed by atoms with Gasteiger partial charge in [0.2, 0.25) is 0 Å². The summed E-state index contributed by atoms with van der Waals surface area (Å²) >= 11 is 6.16. The van der Waals surface area contributed by atoms with Crippen LogP contribution in [0.3, 0.4) is 0 Å². The Bertz CT molecular complexity index is 1360. The number of H-pyrrole nitrogens is 1. The molecule has 0 unspecified atom stereocenters. The average Bonchev–Trinajstić information content (AvgIpc) is 3.33. The number of nitrogens with zero attached hydrogens (tertiary/aromatic N) is 3. The number of piperazine rings is 1. The van der Waals surface area contributed by atoms with E-state index >= 15 is 0 Å². The van der Waals surface area contributed by atoms with Gasteiger partial charge >= 0.3 is 5.97 Å². The van der Waals surface area contributed by atoms with Gasteiger partial charge in [-0.15, -0.1) is 0 Å². The van der Waals surface area contributed by atoms with Crippen LogP contribution in [0.4, 0.5) is 5.69 Å². The molecule has 1 fully saturated rings. The molecule has 1 amide bonds. The number of benzene rings is 3. The molecule has 0 radical (unpaired) electrons. The topological polar surface area (TPSA) is 78.5 Å².